The van der Waals surface area contributed by atoms with Crippen molar-refractivity contribution in [1.82, 2.24) is 0 Å². The van der Waals surface area contributed by atoms with Gasteiger partial charge in [0, 0.05) is 16.6 Å². The van der Waals surface area contributed by atoms with Crippen LogP contribution in [0.1, 0.15) is 24.9 Å². The van der Waals surface area contributed by atoms with Crippen LogP contribution >= 0.6 is 11.6 Å². The SMILES string of the molecule is COC(=O)CCOc1ccc(Cl)cc1[C@@H](C)N. The van der Waals surface area contributed by atoms with E-state index in [4.69, 9.17) is 22.1 Å². The Morgan fingerprint density at radius 2 is 2.24 bits per heavy atom. The van der Waals surface area contributed by atoms with Crippen molar-refractivity contribution in [3.05, 3.63) is 28.8 Å². The van der Waals surface area contributed by atoms with Gasteiger partial charge in [0.2, 0.25) is 0 Å². The molecular weight excluding hydrogens is 242 g/mol. The van der Waals surface area contributed by atoms with Crippen LogP contribution in [0.2, 0.25) is 5.02 Å². The van der Waals surface area contributed by atoms with Gasteiger partial charge in [-0.25, -0.2) is 0 Å². The van der Waals surface area contributed by atoms with Gasteiger partial charge in [0.1, 0.15) is 5.75 Å². The van der Waals surface area contributed by atoms with Gasteiger partial charge in [0.25, 0.3) is 0 Å². The van der Waals surface area contributed by atoms with E-state index in [9.17, 15) is 4.79 Å². The summed E-state index contributed by atoms with van der Waals surface area (Å²) >= 11 is 5.88. The topological polar surface area (TPSA) is 61.5 Å². The second-order valence-electron chi connectivity index (χ2n) is 3.65. The van der Waals surface area contributed by atoms with E-state index in [0.717, 1.165) is 5.56 Å². The van der Waals surface area contributed by atoms with E-state index < -0.39 is 0 Å². The minimum atomic E-state index is -0.304. The summed E-state index contributed by atoms with van der Waals surface area (Å²) in [4.78, 5) is 10.9. The van der Waals surface area contributed by atoms with E-state index in [0.29, 0.717) is 10.8 Å². The second-order valence-corrected chi connectivity index (χ2v) is 4.08. The van der Waals surface area contributed by atoms with Crippen LogP contribution in [0.15, 0.2) is 18.2 Å². The highest BCUT2D eigenvalue weighted by molar-refractivity contribution is 6.30. The quantitative estimate of drug-likeness (QED) is 0.823. The number of ether oxygens (including phenoxy) is 2. The predicted molar refractivity (Wildman–Crippen MR) is 66.2 cm³/mol. The molecule has 0 aromatic heterocycles. The van der Waals surface area contributed by atoms with Gasteiger partial charge in [-0.3, -0.25) is 4.79 Å². The average Bonchev–Trinajstić information content (AvgIpc) is 2.30. The Bertz CT molecular complexity index is 393. The zero-order valence-electron chi connectivity index (χ0n) is 9.90. The molecule has 17 heavy (non-hydrogen) atoms. The number of nitrogens with two attached hydrogens (primary N) is 1. The van der Waals surface area contributed by atoms with Crippen molar-refractivity contribution in [2.24, 2.45) is 5.73 Å². The van der Waals surface area contributed by atoms with E-state index >= 15 is 0 Å². The first-order valence-electron chi connectivity index (χ1n) is 5.29. The molecule has 0 saturated heterocycles. The van der Waals surface area contributed by atoms with Gasteiger partial charge >= 0.3 is 5.97 Å². The first kappa shape index (κ1) is 13.8. The van der Waals surface area contributed by atoms with Crippen LogP contribution in [0.3, 0.4) is 0 Å². The summed E-state index contributed by atoms with van der Waals surface area (Å²) in [6.45, 7) is 2.10. The molecule has 0 fully saturated rings. The van der Waals surface area contributed by atoms with Gasteiger partial charge in [-0.15, -0.1) is 0 Å². The van der Waals surface area contributed by atoms with Crippen LogP contribution in [0, 0.1) is 0 Å². The van der Waals surface area contributed by atoms with Crippen LogP contribution < -0.4 is 10.5 Å². The average molecular weight is 258 g/mol. The third-order valence-electron chi connectivity index (χ3n) is 2.25. The molecule has 2 N–H and O–H groups in total. The minimum Gasteiger partial charge on any atom is -0.493 e. The zero-order valence-corrected chi connectivity index (χ0v) is 10.7. The molecule has 0 saturated carbocycles. The summed E-state index contributed by atoms with van der Waals surface area (Å²) in [6, 6.07) is 5.06. The summed E-state index contributed by atoms with van der Waals surface area (Å²) in [6.07, 6.45) is 0.206. The van der Waals surface area contributed by atoms with E-state index in [1.807, 2.05) is 6.92 Å². The Hall–Kier alpha value is -1.26. The molecule has 5 heteroatoms. The molecule has 4 nitrogen and oxygen atoms in total. The molecule has 0 aliphatic carbocycles. The van der Waals surface area contributed by atoms with E-state index in [1.54, 1.807) is 18.2 Å². The maximum atomic E-state index is 10.9. The third kappa shape index (κ3) is 4.24. The van der Waals surface area contributed by atoms with E-state index in [-0.39, 0.29) is 25.0 Å². The molecule has 0 unspecified atom stereocenters. The van der Waals surface area contributed by atoms with Crippen molar-refractivity contribution in [1.29, 1.82) is 0 Å². The molecule has 1 aromatic rings. The summed E-state index contributed by atoms with van der Waals surface area (Å²) in [5.41, 5.74) is 6.63. The fraction of sp³-hybridized carbons (Fsp3) is 0.417. The lowest BCUT2D eigenvalue weighted by molar-refractivity contribution is -0.141. The van der Waals surface area contributed by atoms with Gasteiger partial charge < -0.3 is 15.2 Å². The number of esters is 1. The summed E-state index contributed by atoms with van der Waals surface area (Å²) in [5.74, 6) is 0.342. The number of halogens is 1. The lowest BCUT2D eigenvalue weighted by Crippen LogP contribution is -2.11. The molecular formula is C12H16ClNO3. The maximum Gasteiger partial charge on any atom is 0.308 e. The number of hydrogen-bond acceptors (Lipinski definition) is 4. The molecule has 0 amide bonds. The van der Waals surface area contributed by atoms with Crippen LogP contribution in [0.25, 0.3) is 0 Å². The Kier molecular flexibility index (Phi) is 5.25. The van der Waals surface area contributed by atoms with Crippen LogP contribution in [0.5, 0.6) is 5.75 Å². The van der Waals surface area contributed by atoms with Gasteiger partial charge in [-0.05, 0) is 25.1 Å². The molecule has 0 bridgehead atoms. The Balaban J connectivity index is 2.67. The number of benzene rings is 1. The van der Waals surface area contributed by atoms with Crippen LogP contribution in [-0.4, -0.2) is 19.7 Å². The fourth-order valence-corrected chi connectivity index (χ4v) is 1.53. The molecule has 94 valence electrons. The molecule has 1 aromatic carbocycles. The number of methoxy groups -OCH3 is 1. The fourth-order valence-electron chi connectivity index (χ4n) is 1.35. The van der Waals surface area contributed by atoms with Crippen molar-refractivity contribution in [2.45, 2.75) is 19.4 Å². The number of rotatable bonds is 5. The summed E-state index contributed by atoms with van der Waals surface area (Å²) in [7, 11) is 1.35. The number of hydrogen-bond donors (Lipinski definition) is 1. The third-order valence-corrected chi connectivity index (χ3v) is 2.49. The molecule has 0 heterocycles. The van der Waals surface area contributed by atoms with E-state index in [2.05, 4.69) is 4.74 Å². The molecule has 0 aliphatic rings. The lowest BCUT2D eigenvalue weighted by atomic mass is 10.1. The Morgan fingerprint density at radius 3 is 2.82 bits per heavy atom. The first-order valence-corrected chi connectivity index (χ1v) is 5.67. The van der Waals surface area contributed by atoms with Gasteiger partial charge in [0.15, 0.2) is 0 Å². The lowest BCUT2D eigenvalue weighted by Gasteiger charge is -2.14. The van der Waals surface area contributed by atoms with Crippen LogP contribution in [0.4, 0.5) is 0 Å². The summed E-state index contributed by atoms with van der Waals surface area (Å²) < 4.78 is 10.0. The first-order chi connectivity index (χ1) is 8.04. The van der Waals surface area contributed by atoms with Crippen LogP contribution in [-0.2, 0) is 9.53 Å². The smallest absolute Gasteiger partial charge is 0.308 e. The Labute approximate surface area is 106 Å². The monoisotopic (exact) mass is 257 g/mol. The van der Waals surface area contributed by atoms with Gasteiger partial charge in [0.05, 0.1) is 20.1 Å². The van der Waals surface area contributed by atoms with Crippen molar-refractivity contribution in [3.63, 3.8) is 0 Å². The number of carbonyl (C=O) groups is 1. The zero-order chi connectivity index (χ0) is 12.8. The molecule has 0 spiro atoms. The van der Waals surface area contributed by atoms with Gasteiger partial charge in [-0.2, -0.15) is 0 Å². The molecule has 0 aliphatic heterocycles. The maximum absolute atomic E-state index is 10.9. The van der Waals surface area contributed by atoms with Crippen molar-refractivity contribution in [3.8, 4) is 5.75 Å². The highest BCUT2D eigenvalue weighted by Crippen LogP contribution is 2.27. The largest absolute Gasteiger partial charge is 0.493 e. The standard InChI is InChI=1S/C12H16ClNO3/c1-8(14)10-7-9(13)3-4-11(10)17-6-5-12(15)16-2/h3-4,7-8H,5-6,14H2,1-2H3/t8-/m1/s1. The van der Waals surface area contributed by atoms with Crippen molar-refractivity contribution in [2.75, 3.05) is 13.7 Å². The minimum absolute atomic E-state index is 0.179. The highest BCUT2D eigenvalue weighted by Gasteiger charge is 2.09. The van der Waals surface area contributed by atoms with Crippen molar-refractivity contribution >= 4 is 17.6 Å². The predicted octanol–water partition coefficient (Wildman–Crippen LogP) is 2.30. The van der Waals surface area contributed by atoms with Gasteiger partial charge in [-0.1, -0.05) is 11.6 Å². The molecule has 1 rings (SSSR count). The Morgan fingerprint density at radius 1 is 1.53 bits per heavy atom. The molecule has 0 radical (unpaired) electrons. The summed E-state index contributed by atoms with van der Waals surface area (Å²) in [5, 5.41) is 0.609. The highest BCUT2D eigenvalue weighted by atomic mass is 35.5. The molecule has 1 atom stereocenters. The normalized spacial score (nSPS) is 12.0. The van der Waals surface area contributed by atoms with E-state index in [1.165, 1.54) is 7.11 Å². The van der Waals surface area contributed by atoms with Crippen molar-refractivity contribution < 1.29 is 14.3 Å². The number of carbonyl (C=O) groups excluding carboxylic acids is 1. The second kappa shape index (κ2) is 6.47.